The third-order valence-electron chi connectivity index (χ3n) is 2.71. The van der Waals surface area contributed by atoms with E-state index in [2.05, 4.69) is 10.3 Å². The summed E-state index contributed by atoms with van der Waals surface area (Å²) in [5.74, 6) is 1.04. The molecule has 1 atom stereocenters. The summed E-state index contributed by atoms with van der Waals surface area (Å²) in [6.45, 7) is 5.40. The topological polar surface area (TPSA) is 68.5 Å². The van der Waals surface area contributed by atoms with Gasteiger partial charge < -0.3 is 24.5 Å². The number of aromatic nitrogens is 2. The van der Waals surface area contributed by atoms with Crippen molar-refractivity contribution in [2.45, 2.75) is 19.4 Å². The van der Waals surface area contributed by atoms with E-state index in [9.17, 15) is 5.11 Å². The van der Waals surface area contributed by atoms with Crippen molar-refractivity contribution in [2.75, 3.05) is 39.5 Å². The summed E-state index contributed by atoms with van der Waals surface area (Å²) >= 11 is 0. The van der Waals surface area contributed by atoms with Gasteiger partial charge in [0.15, 0.2) is 0 Å². The first-order valence-corrected chi connectivity index (χ1v) is 6.74. The standard InChI is InChI=1S/C13H25N3O3/c1-3-18-8-9-19-11-12(17)10-14-5-4-13-15-6-7-16(13)2/h6-7,12,14,17H,3-5,8-11H2,1-2H3. The van der Waals surface area contributed by atoms with E-state index in [0.717, 1.165) is 18.8 Å². The zero-order chi connectivity index (χ0) is 13.9. The molecule has 0 aliphatic heterocycles. The van der Waals surface area contributed by atoms with E-state index in [4.69, 9.17) is 9.47 Å². The predicted molar refractivity (Wildman–Crippen MR) is 73.1 cm³/mol. The first-order chi connectivity index (χ1) is 9.24. The highest BCUT2D eigenvalue weighted by atomic mass is 16.5. The van der Waals surface area contributed by atoms with Crippen molar-refractivity contribution in [2.24, 2.45) is 7.05 Å². The van der Waals surface area contributed by atoms with Crippen LogP contribution in [0, 0.1) is 0 Å². The van der Waals surface area contributed by atoms with Gasteiger partial charge in [0, 0.05) is 45.6 Å². The van der Waals surface area contributed by atoms with Gasteiger partial charge in [-0.2, -0.15) is 0 Å². The molecule has 0 saturated carbocycles. The first kappa shape index (κ1) is 16.1. The van der Waals surface area contributed by atoms with E-state index in [-0.39, 0.29) is 0 Å². The zero-order valence-corrected chi connectivity index (χ0v) is 11.8. The van der Waals surface area contributed by atoms with Gasteiger partial charge in [0.25, 0.3) is 0 Å². The van der Waals surface area contributed by atoms with Gasteiger partial charge in [-0.25, -0.2) is 4.98 Å². The predicted octanol–water partition coefficient (Wildman–Crippen LogP) is -0.0338. The molecule has 6 heteroatoms. The summed E-state index contributed by atoms with van der Waals surface area (Å²) in [7, 11) is 1.98. The molecule has 1 aromatic rings. The Balaban J connectivity index is 1.95. The first-order valence-electron chi connectivity index (χ1n) is 6.74. The van der Waals surface area contributed by atoms with Crippen molar-refractivity contribution >= 4 is 0 Å². The average molecular weight is 271 g/mol. The van der Waals surface area contributed by atoms with Crippen LogP contribution in [-0.2, 0) is 22.9 Å². The lowest BCUT2D eigenvalue weighted by Crippen LogP contribution is -2.32. The lowest BCUT2D eigenvalue weighted by atomic mass is 10.3. The molecule has 0 bridgehead atoms. The number of hydrogen-bond acceptors (Lipinski definition) is 5. The van der Waals surface area contributed by atoms with E-state index in [1.165, 1.54) is 0 Å². The minimum absolute atomic E-state index is 0.336. The molecule has 0 radical (unpaired) electrons. The van der Waals surface area contributed by atoms with Crippen LogP contribution in [0.3, 0.4) is 0 Å². The number of aliphatic hydroxyl groups excluding tert-OH is 1. The molecule has 0 aliphatic rings. The van der Waals surface area contributed by atoms with Gasteiger partial charge in [0.1, 0.15) is 5.82 Å². The third-order valence-corrected chi connectivity index (χ3v) is 2.71. The number of hydrogen-bond donors (Lipinski definition) is 2. The minimum atomic E-state index is -0.483. The van der Waals surface area contributed by atoms with Crippen molar-refractivity contribution in [1.82, 2.24) is 14.9 Å². The Morgan fingerprint density at radius 1 is 1.42 bits per heavy atom. The van der Waals surface area contributed by atoms with Crippen LogP contribution in [0.25, 0.3) is 0 Å². The third kappa shape index (κ3) is 7.27. The number of rotatable bonds is 11. The molecule has 1 heterocycles. The summed E-state index contributed by atoms with van der Waals surface area (Å²) < 4.78 is 12.4. The SMILES string of the molecule is CCOCCOCC(O)CNCCc1nccn1C. The maximum atomic E-state index is 9.67. The van der Waals surface area contributed by atoms with E-state index < -0.39 is 6.10 Å². The Hall–Kier alpha value is -0.950. The fourth-order valence-electron chi connectivity index (χ4n) is 1.65. The quantitative estimate of drug-likeness (QED) is 0.553. The molecule has 0 amide bonds. The molecule has 1 aromatic heterocycles. The van der Waals surface area contributed by atoms with E-state index >= 15 is 0 Å². The van der Waals surface area contributed by atoms with E-state index in [1.807, 2.05) is 24.7 Å². The average Bonchev–Trinajstić information content (AvgIpc) is 2.80. The number of nitrogens with zero attached hydrogens (tertiary/aromatic N) is 2. The maximum absolute atomic E-state index is 9.67. The largest absolute Gasteiger partial charge is 0.389 e. The summed E-state index contributed by atoms with van der Waals surface area (Å²) in [6.07, 6.45) is 4.08. The summed E-state index contributed by atoms with van der Waals surface area (Å²) in [5, 5.41) is 12.9. The van der Waals surface area contributed by atoms with Gasteiger partial charge in [-0.15, -0.1) is 0 Å². The van der Waals surface area contributed by atoms with Gasteiger partial charge in [-0.05, 0) is 6.92 Å². The molecule has 1 rings (SSSR count). The summed E-state index contributed by atoms with van der Waals surface area (Å²) in [6, 6.07) is 0. The molecule has 0 saturated heterocycles. The van der Waals surface area contributed by atoms with E-state index in [1.54, 1.807) is 6.20 Å². The van der Waals surface area contributed by atoms with Crippen molar-refractivity contribution in [1.29, 1.82) is 0 Å². The van der Waals surface area contributed by atoms with Gasteiger partial charge in [0.05, 0.1) is 25.9 Å². The second-order valence-corrected chi connectivity index (χ2v) is 4.33. The normalized spacial score (nSPS) is 12.8. The monoisotopic (exact) mass is 271 g/mol. The number of aliphatic hydroxyl groups is 1. The molecule has 6 nitrogen and oxygen atoms in total. The zero-order valence-electron chi connectivity index (χ0n) is 11.8. The van der Waals surface area contributed by atoms with Crippen molar-refractivity contribution in [3.63, 3.8) is 0 Å². The van der Waals surface area contributed by atoms with Crippen LogP contribution in [0.5, 0.6) is 0 Å². The molecular formula is C13H25N3O3. The highest BCUT2D eigenvalue weighted by Crippen LogP contribution is 1.94. The van der Waals surface area contributed by atoms with Gasteiger partial charge in [-0.1, -0.05) is 0 Å². The van der Waals surface area contributed by atoms with Crippen LogP contribution in [0.15, 0.2) is 12.4 Å². The lowest BCUT2D eigenvalue weighted by molar-refractivity contribution is 0.00658. The van der Waals surface area contributed by atoms with Crippen LogP contribution < -0.4 is 5.32 Å². The summed E-state index contributed by atoms with van der Waals surface area (Å²) in [4.78, 5) is 4.23. The van der Waals surface area contributed by atoms with Crippen LogP contribution in [-0.4, -0.2) is 60.3 Å². The molecule has 110 valence electrons. The van der Waals surface area contributed by atoms with Gasteiger partial charge in [-0.3, -0.25) is 0 Å². The Kier molecular flexibility index (Phi) is 8.40. The van der Waals surface area contributed by atoms with Crippen LogP contribution in [0.1, 0.15) is 12.7 Å². The Morgan fingerprint density at radius 2 is 2.21 bits per heavy atom. The second-order valence-electron chi connectivity index (χ2n) is 4.33. The molecule has 0 fully saturated rings. The Morgan fingerprint density at radius 3 is 2.89 bits per heavy atom. The second kappa shape index (κ2) is 9.91. The van der Waals surface area contributed by atoms with Crippen LogP contribution in [0.2, 0.25) is 0 Å². The minimum Gasteiger partial charge on any atom is -0.389 e. The molecular weight excluding hydrogens is 246 g/mol. The Bertz CT molecular complexity index is 331. The smallest absolute Gasteiger partial charge is 0.109 e. The summed E-state index contributed by atoms with van der Waals surface area (Å²) in [5.41, 5.74) is 0. The van der Waals surface area contributed by atoms with E-state index in [0.29, 0.717) is 33.0 Å². The van der Waals surface area contributed by atoms with Crippen molar-refractivity contribution in [3.8, 4) is 0 Å². The molecule has 2 N–H and O–H groups in total. The Labute approximate surface area is 114 Å². The molecule has 1 unspecified atom stereocenters. The number of ether oxygens (including phenoxy) is 2. The van der Waals surface area contributed by atoms with Crippen molar-refractivity contribution in [3.05, 3.63) is 18.2 Å². The maximum Gasteiger partial charge on any atom is 0.109 e. The van der Waals surface area contributed by atoms with Gasteiger partial charge in [0.2, 0.25) is 0 Å². The number of imidazole rings is 1. The van der Waals surface area contributed by atoms with Crippen molar-refractivity contribution < 1.29 is 14.6 Å². The molecule has 0 spiro atoms. The fourth-order valence-corrected chi connectivity index (χ4v) is 1.65. The molecule has 0 aromatic carbocycles. The highest BCUT2D eigenvalue weighted by Gasteiger charge is 2.04. The number of aryl methyl sites for hydroxylation is 1. The fraction of sp³-hybridized carbons (Fsp3) is 0.769. The molecule has 19 heavy (non-hydrogen) atoms. The van der Waals surface area contributed by atoms with Crippen LogP contribution >= 0.6 is 0 Å². The van der Waals surface area contributed by atoms with Gasteiger partial charge >= 0.3 is 0 Å². The lowest BCUT2D eigenvalue weighted by Gasteiger charge is -2.12. The molecule has 0 aliphatic carbocycles. The van der Waals surface area contributed by atoms with Crippen LogP contribution in [0.4, 0.5) is 0 Å². The highest BCUT2D eigenvalue weighted by molar-refractivity contribution is 4.91. The number of nitrogens with one attached hydrogen (secondary N) is 1.